The van der Waals surface area contributed by atoms with Crippen LogP contribution in [0.4, 0.5) is 0 Å². The van der Waals surface area contributed by atoms with Crippen LogP contribution in [0.25, 0.3) is 0 Å². The summed E-state index contributed by atoms with van der Waals surface area (Å²) in [5, 5.41) is 31.3. The Morgan fingerprint density at radius 2 is 1.92 bits per heavy atom. The molecule has 0 aromatic heterocycles. The molecule has 0 bridgehead atoms. The molecule has 0 aromatic rings. The number of fused-ring (bicyclic) bond motifs is 1. The zero-order chi connectivity index (χ0) is 18.4. The van der Waals surface area contributed by atoms with Gasteiger partial charge in [0.05, 0.1) is 12.2 Å². The lowest BCUT2D eigenvalue weighted by atomic mass is 9.60. The minimum Gasteiger partial charge on any atom is -0.393 e. The molecular formula is C21H30O4. The number of Topliss-reactive ketones (excluding diaryl/α,β-unsaturated/α-hetero) is 1. The van der Waals surface area contributed by atoms with E-state index in [1.54, 1.807) is 0 Å². The number of aliphatic hydroxyl groups excluding tert-OH is 2. The van der Waals surface area contributed by atoms with Crippen molar-refractivity contribution in [3.8, 4) is 0 Å². The molecule has 5 atom stereocenters. The SMILES string of the molecule is C=C1CC[C@@H](O)C/C1=C/C=C1\C[C@H](O)C[C@@]2(C)[C@H]1CC[C@@]2(O)C(C)=O. The van der Waals surface area contributed by atoms with Crippen molar-refractivity contribution in [1.82, 2.24) is 0 Å². The van der Waals surface area contributed by atoms with Crippen molar-refractivity contribution in [3.63, 3.8) is 0 Å². The highest BCUT2D eigenvalue weighted by Crippen LogP contribution is 2.59. The fourth-order valence-electron chi connectivity index (χ4n) is 5.28. The molecule has 0 spiro atoms. The minimum absolute atomic E-state index is 0.100. The fourth-order valence-corrected chi connectivity index (χ4v) is 5.28. The number of rotatable bonds is 2. The fraction of sp³-hybridized carbons (Fsp3) is 0.667. The van der Waals surface area contributed by atoms with E-state index < -0.39 is 17.1 Å². The van der Waals surface area contributed by atoms with E-state index in [-0.39, 0.29) is 17.8 Å². The maximum absolute atomic E-state index is 12.1. The predicted molar refractivity (Wildman–Crippen MR) is 96.9 cm³/mol. The van der Waals surface area contributed by atoms with Gasteiger partial charge < -0.3 is 15.3 Å². The third-order valence-corrected chi connectivity index (χ3v) is 6.86. The quantitative estimate of drug-likeness (QED) is 0.718. The Morgan fingerprint density at radius 1 is 1.20 bits per heavy atom. The lowest BCUT2D eigenvalue weighted by Gasteiger charge is -2.47. The summed E-state index contributed by atoms with van der Waals surface area (Å²) in [6, 6.07) is 0. The van der Waals surface area contributed by atoms with Crippen molar-refractivity contribution < 1.29 is 20.1 Å². The van der Waals surface area contributed by atoms with Crippen LogP contribution < -0.4 is 0 Å². The highest BCUT2D eigenvalue weighted by atomic mass is 16.3. The van der Waals surface area contributed by atoms with Crippen molar-refractivity contribution in [1.29, 1.82) is 0 Å². The van der Waals surface area contributed by atoms with E-state index in [9.17, 15) is 20.1 Å². The number of hydrogen-bond acceptors (Lipinski definition) is 4. The molecule has 25 heavy (non-hydrogen) atoms. The van der Waals surface area contributed by atoms with Gasteiger partial charge in [0.2, 0.25) is 0 Å². The Morgan fingerprint density at radius 3 is 2.60 bits per heavy atom. The molecule has 3 saturated carbocycles. The first-order valence-electron chi connectivity index (χ1n) is 9.34. The smallest absolute Gasteiger partial charge is 0.161 e. The Kier molecular flexibility index (Phi) is 4.82. The Labute approximate surface area is 149 Å². The molecule has 3 rings (SSSR count). The highest BCUT2D eigenvalue weighted by molar-refractivity contribution is 5.86. The largest absolute Gasteiger partial charge is 0.393 e. The molecule has 0 unspecified atom stereocenters. The van der Waals surface area contributed by atoms with Crippen LogP contribution >= 0.6 is 0 Å². The minimum atomic E-state index is -1.35. The Hall–Kier alpha value is -1.23. The first-order valence-corrected chi connectivity index (χ1v) is 9.34. The summed E-state index contributed by atoms with van der Waals surface area (Å²) in [6.45, 7) is 7.49. The summed E-state index contributed by atoms with van der Waals surface area (Å²) < 4.78 is 0. The van der Waals surface area contributed by atoms with E-state index in [4.69, 9.17) is 0 Å². The second kappa shape index (κ2) is 6.49. The zero-order valence-electron chi connectivity index (χ0n) is 15.3. The number of hydrogen-bond donors (Lipinski definition) is 3. The zero-order valence-corrected chi connectivity index (χ0v) is 15.3. The van der Waals surface area contributed by atoms with Gasteiger partial charge >= 0.3 is 0 Å². The molecule has 3 aliphatic rings. The van der Waals surface area contributed by atoms with Crippen molar-refractivity contribution in [3.05, 3.63) is 35.5 Å². The molecular weight excluding hydrogens is 316 g/mol. The highest BCUT2D eigenvalue weighted by Gasteiger charge is 2.61. The van der Waals surface area contributed by atoms with Crippen LogP contribution in [0.2, 0.25) is 0 Å². The molecule has 0 aliphatic heterocycles. The van der Waals surface area contributed by atoms with Gasteiger partial charge in [0.15, 0.2) is 5.78 Å². The monoisotopic (exact) mass is 346 g/mol. The van der Waals surface area contributed by atoms with E-state index in [0.717, 1.165) is 36.0 Å². The maximum atomic E-state index is 12.1. The maximum Gasteiger partial charge on any atom is 0.161 e. The second-order valence-electron chi connectivity index (χ2n) is 8.42. The van der Waals surface area contributed by atoms with E-state index in [1.807, 2.05) is 19.1 Å². The van der Waals surface area contributed by atoms with Crippen LogP contribution in [-0.2, 0) is 4.79 Å². The predicted octanol–water partition coefficient (Wildman–Crippen LogP) is 2.83. The normalized spacial score (nSPS) is 45.0. The first-order chi connectivity index (χ1) is 11.7. The van der Waals surface area contributed by atoms with Crippen molar-refractivity contribution >= 4 is 5.78 Å². The first kappa shape index (κ1) is 18.6. The van der Waals surface area contributed by atoms with Gasteiger partial charge in [-0.3, -0.25) is 4.79 Å². The molecule has 3 N–H and O–H groups in total. The molecule has 0 amide bonds. The second-order valence-corrected chi connectivity index (χ2v) is 8.42. The van der Waals surface area contributed by atoms with Gasteiger partial charge in [0.1, 0.15) is 5.60 Å². The number of ketones is 1. The van der Waals surface area contributed by atoms with Gasteiger partial charge in [-0.25, -0.2) is 0 Å². The molecule has 3 fully saturated rings. The summed E-state index contributed by atoms with van der Waals surface area (Å²) in [7, 11) is 0. The van der Waals surface area contributed by atoms with Gasteiger partial charge in [-0.2, -0.15) is 0 Å². The lowest BCUT2D eigenvalue weighted by molar-refractivity contribution is -0.152. The van der Waals surface area contributed by atoms with E-state index in [0.29, 0.717) is 25.7 Å². The lowest BCUT2D eigenvalue weighted by Crippen LogP contribution is -2.53. The number of carbonyl (C=O) groups excluding carboxylic acids is 1. The third kappa shape index (κ3) is 3.05. The van der Waals surface area contributed by atoms with E-state index in [1.165, 1.54) is 6.92 Å². The van der Waals surface area contributed by atoms with E-state index >= 15 is 0 Å². The average molecular weight is 346 g/mol. The molecule has 0 heterocycles. The molecule has 0 saturated heterocycles. The van der Waals surface area contributed by atoms with Gasteiger partial charge in [-0.1, -0.05) is 36.8 Å². The van der Waals surface area contributed by atoms with Gasteiger partial charge in [-0.05, 0) is 63.4 Å². The number of aliphatic hydroxyl groups is 3. The van der Waals surface area contributed by atoms with Crippen LogP contribution in [0, 0.1) is 11.3 Å². The standard InChI is InChI=1S/C21H30O4/c1-13-4-7-17(23)10-15(13)5-6-16-11-18(24)12-20(3)19(16)8-9-21(20,25)14(2)22/h5-6,17-19,23-25H,1,4,7-12H2,2-3H3/b15-5-,16-6+/t17-,18+,19+,20+,21-/m1/s1. The summed E-state index contributed by atoms with van der Waals surface area (Å²) in [5.74, 6) is -0.100. The van der Waals surface area contributed by atoms with Gasteiger partial charge in [0, 0.05) is 5.41 Å². The molecule has 4 heteroatoms. The molecule has 4 nitrogen and oxygen atoms in total. The Bertz CT molecular complexity index is 646. The summed E-state index contributed by atoms with van der Waals surface area (Å²) >= 11 is 0. The molecule has 3 aliphatic carbocycles. The van der Waals surface area contributed by atoms with E-state index in [2.05, 4.69) is 6.58 Å². The van der Waals surface area contributed by atoms with Crippen LogP contribution in [-0.4, -0.2) is 38.9 Å². The average Bonchev–Trinajstić information content (AvgIpc) is 2.80. The summed E-state index contributed by atoms with van der Waals surface area (Å²) in [4.78, 5) is 12.1. The van der Waals surface area contributed by atoms with Gasteiger partial charge in [0.25, 0.3) is 0 Å². The Balaban J connectivity index is 1.92. The number of allylic oxidation sites excluding steroid dienone is 3. The van der Waals surface area contributed by atoms with Gasteiger partial charge in [-0.15, -0.1) is 0 Å². The number of carbonyl (C=O) groups is 1. The molecule has 138 valence electrons. The van der Waals surface area contributed by atoms with Crippen LogP contribution in [0.5, 0.6) is 0 Å². The summed E-state index contributed by atoms with van der Waals surface area (Å²) in [5.41, 5.74) is 1.25. The van der Waals surface area contributed by atoms with Crippen molar-refractivity contribution in [2.45, 2.75) is 76.6 Å². The topological polar surface area (TPSA) is 77.8 Å². The van der Waals surface area contributed by atoms with Crippen LogP contribution in [0.1, 0.15) is 58.8 Å². The molecule has 0 radical (unpaired) electrons. The molecule has 0 aromatic carbocycles. The van der Waals surface area contributed by atoms with Crippen molar-refractivity contribution in [2.75, 3.05) is 0 Å². The van der Waals surface area contributed by atoms with Crippen LogP contribution in [0.15, 0.2) is 35.5 Å². The third-order valence-electron chi connectivity index (χ3n) is 6.86. The summed E-state index contributed by atoms with van der Waals surface area (Å²) in [6.07, 6.45) is 7.63. The van der Waals surface area contributed by atoms with Crippen molar-refractivity contribution in [2.24, 2.45) is 11.3 Å². The van der Waals surface area contributed by atoms with Crippen LogP contribution in [0.3, 0.4) is 0 Å².